The predicted octanol–water partition coefficient (Wildman–Crippen LogP) is 10.6. The highest BCUT2D eigenvalue weighted by Gasteiger charge is 2.15. The maximum atomic E-state index is 9.45. The van der Waals surface area contributed by atoms with Crippen molar-refractivity contribution in [2.75, 3.05) is 0 Å². The van der Waals surface area contributed by atoms with E-state index < -0.39 is 0 Å². The normalized spacial score (nSPS) is 13.2. The number of nitrogens with zero attached hydrogens (tertiary/aromatic N) is 3. The highest BCUT2D eigenvalue weighted by Crippen LogP contribution is 2.41. The summed E-state index contributed by atoms with van der Waals surface area (Å²) >= 11 is 1.20. The van der Waals surface area contributed by atoms with Crippen molar-refractivity contribution in [3.63, 3.8) is 0 Å². The van der Waals surface area contributed by atoms with Gasteiger partial charge in [-0.05, 0) is 34.4 Å². The molecule has 0 spiro atoms. The number of fused-ring (bicyclic) bond motifs is 3. The van der Waals surface area contributed by atoms with Crippen molar-refractivity contribution in [1.29, 1.82) is 0 Å². The van der Waals surface area contributed by atoms with Crippen LogP contribution in [-0.2, 0) is 0 Å². The molecule has 0 fully saturated rings. The van der Waals surface area contributed by atoms with Gasteiger partial charge in [0.15, 0.2) is 17.5 Å². The van der Waals surface area contributed by atoms with E-state index in [1.165, 1.54) is 11.3 Å². The number of benzene rings is 6. The minimum absolute atomic E-state index is 0.0529. The zero-order valence-electron chi connectivity index (χ0n) is 28.7. The summed E-state index contributed by atoms with van der Waals surface area (Å²) in [5, 5.41) is 0.545. The Morgan fingerprint density at radius 1 is 0.465 bits per heavy atom. The second-order valence-corrected chi connectivity index (χ2v) is 11.0. The van der Waals surface area contributed by atoms with E-state index in [4.69, 9.17) is 19.1 Å². The number of thiophene rings is 1. The first-order chi connectivity index (χ1) is 23.8. The topological polar surface area (TPSA) is 38.7 Å². The monoisotopic (exact) mass is 573 g/mol. The van der Waals surface area contributed by atoms with Crippen LogP contribution < -0.4 is 0 Å². The molecule has 0 aliphatic carbocycles. The summed E-state index contributed by atoms with van der Waals surface area (Å²) in [6, 6.07) is 35.3. The maximum absolute atomic E-state index is 9.45. The van der Waals surface area contributed by atoms with Gasteiger partial charge < -0.3 is 0 Å². The molecule has 6 aromatic carbocycles. The van der Waals surface area contributed by atoms with Crippen molar-refractivity contribution < 1.29 is 8.22 Å². The van der Waals surface area contributed by atoms with Gasteiger partial charge in [0.2, 0.25) is 0 Å². The second-order valence-electron chi connectivity index (χ2n) is 10.00. The molecule has 0 radical (unpaired) electrons. The van der Waals surface area contributed by atoms with Crippen LogP contribution in [0.25, 0.3) is 76.6 Å². The van der Waals surface area contributed by atoms with Gasteiger partial charge in [-0.3, -0.25) is 0 Å². The molecule has 2 heterocycles. The quantitative estimate of drug-likeness (QED) is 0.206. The van der Waals surface area contributed by atoms with Gasteiger partial charge in [0.1, 0.15) is 0 Å². The van der Waals surface area contributed by atoms with Crippen LogP contribution in [0.4, 0.5) is 0 Å². The molecule has 0 aliphatic heterocycles. The first-order valence-electron chi connectivity index (χ1n) is 16.8. The molecule has 4 heteroatoms. The van der Waals surface area contributed by atoms with E-state index in [0.717, 1.165) is 22.3 Å². The molecule has 0 aliphatic rings. The van der Waals surface area contributed by atoms with E-state index in [0.29, 0.717) is 37.6 Å². The Balaban J connectivity index is 1.41. The molecule has 0 saturated carbocycles. The van der Waals surface area contributed by atoms with Gasteiger partial charge >= 0.3 is 0 Å². The van der Waals surface area contributed by atoms with Crippen molar-refractivity contribution >= 4 is 31.5 Å². The van der Waals surface area contributed by atoms with Crippen LogP contribution in [0.2, 0.25) is 0 Å². The number of hydrogen-bond acceptors (Lipinski definition) is 4. The fourth-order valence-electron chi connectivity index (χ4n) is 5.14. The number of aromatic nitrogens is 3. The molecule has 0 bridgehead atoms. The van der Waals surface area contributed by atoms with Crippen molar-refractivity contribution in [3.05, 3.63) is 152 Å². The third kappa shape index (κ3) is 4.78. The third-order valence-corrected chi connectivity index (χ3v) is 8.37. The lowest BCUT2D eigenvalue weighted by Crippen LogP contribution is -1.99. The van der Waals surface area contributed by atoms with Gasteiger partial charge in [-0.1, -0.05) is 139 Å². The molecule has 2 aromatic heterocycles. The fourth-order valence-corrected chi connectivity index (χ4v) is 6.28. The molecule has 43 heavy (non-hydrogen) atoms. The van der Waals surface area contributed by atoms with Crippen LogP contribution in [0.15, 0.2) is 152 Å². The minimum atomic E-state index is -0.272. The molecule has 202 valence electrons. The predicted molar refractivity (Wildman–Crippen MR) is 180 cm³/mol. The van der Waals surface area contributed by atoms with Crippen LogP contribution in [-0.4, -0.2) is 15.0 Å². The summed E-state index contributed by atoms with van der Waals surface area (Å²) in [7, 11) is 0. The zero-order chi connectivity index (χ0) is 33.8. The average molecular weight is 574 g/mol. The van der Waals surface area contributed by atoms with Gasteiger partial charge in [0.05, 0.1) is 8.22 Å². The van der Waals surface area contributed by atoms with Crippen molar-refractivity contribution in [1.82, 2.24) is 15.0 Å². The van der Waals surface area contributed by atoms with Crippen molar-refractivity contribution in [2.45, 2.75) is 0 Å². The summed E-state index contributed by atoms with van der Waals surface area (Å²) in [5.41, 5.74) is 4.64. The summed E-state index contributed by atoms with van der Waals surface area (Å²) in [5.74, 6) is 0.843. The van der Waals surface area contributed by atoms with Gasteiger partial charge in [0, 0.05) is 36.9 Å². The minimum Gasteiger partial charge on any atom is -0.208 e. The van der Waals surface area contributed by atoms with Crippen LogP contribution in [0.3, 0.4) is 0 Å². The Labute approximate surface area is 262 Å². The molecule has 0 unspecified atom stereocenters. The Bertz CT molecular complexity index is 2500. The van der Waals surface area contributed by atoms with Gasteiger partial charge in [0.25, 0.3) is 0 Å². The Morgan fingerprint density at radius 2 is 1.02 bits per heavy atom. The van der Waals surface area contributed by atoms with Crippen LogP contribution in [0, 0.1) is 0 Å². The van der Waals surface area contributed by atoms with E-state index in [1.54, 1.807) is 0 Å². The first-order valence-corrected chi connectivity index (χ1v) is 14.6. The highest BCUT2D eigenvalue weighted by molar-refractivity contribution is 7.26. The molecule has 0 amide bonds. The lowest BCUT2D eigenvalue weighted by molar-refractivity contribution is 1.07. The van der Waals surface area contributed by atoms with Crippen LogP contribution in [0.1, 0.15) is 8.22 Å². The number of hydrogen-bond donors (Lipinski definition) is 0. The summed E-state index contributed by atoms with van der Waals surface area (Å²) in [6.07, 6.45) is 0. The van der Waals surface area contributed by atoms with Crippen molar-refractivity contribution in [3.8, 4) is 56.4 Å². The summed E-state index contributed by atoms with van der Waals surface area (Å²) in [6.45, 7) is 0. The summed E-state index contributed by atoms with van der Waals surface area (Å²) < 4.78 is 55.4. The lowest BCUT2D eigenvalue weighted by Gasteiger charge is -2.08. The Morgan fingerprint density at radius 3 is 1.67 bits per heavy atom. The molecule has 0 atom stereocenters. The standard InChI is InChI=1S/C39H25N3S/c1-4-12-26(13-5-1)29-18-10-19-30(24-29)32-20-11-21-34-33-23-22-31(25-35(33)43-36(32)34)39-41-37(27-14-6-2-7-15-27)40-38(42-39)28-16-8-3-9-17-28/h1-25H/i11D,20D,21D,22D,23D,25D. The highest BCUT2D eigenvalue weighted by atomic mass is 32.1. The lowest BCUT2D eigenvalue weighted by atomic mass is 9.98. The number of rotatable bonds is 5. The Kier molecular flexibility index (Phi) is 4.91. The molecule has 0 N–H and O–H groups in total. The smallest absolute Gasteiger partial charge is 0.164 e. The second kappa shape index (κ2) is 10.8. The molecule has 3 nitrogen and oxygen atoms in total. The fraction of sp³-hybridized carbons (Fsp3) is 0. The largest absolute Gasteiger partial charge is 0.208 e. The van der Waals surface area contributed by atoms with E-state index in [9.17, 15) is 4.11 Å². The molecular formula is C39H25N3S. The maximum Gasteiger partial charge on any atom is 0.164 e. The van der Waals surface area contributed by atoms with E-state index in [1.807, 2.05) is 115 Å². The van der Waals surface area contributed by atoms with Crippen LogP contribution in [0.5, 0.6) is 0 Å². The van der Waals surface area contributed by atoms with Crippen LogP contribution >= 0.6 is 11.3 Å². The Hall–Kier alpha value is -5.45. The van der Waals surface area contributed by atoms with Gasteiger partial charge in [-0.25, -0.2) is 15.0 Å². The third-order valence-electron chi connectivity index (χ3n) is 7.24. The molecule has 8 rings (SSSR count). The molecular weight excluding hydrogens is 543 g/mol. The van der Waals surface area contributed by atoms with E-state index in [-0.39, 0.29) is 53.0 Å². The zero-order valence-corrected chi connectivity index (χ0v) is 23.5. The van der Waals surface area contributed by atoms with Gasteiger partial charge in [-0.15, -0.1) is 11.3 Å². The van der Waals surface area contributed by atoms with E-state index >= 15 is 0 Å². The first kappa shape index (κ1) is 19.6. The molecule has 0 saturated heterocycles. The molecule has 8 aromatic rings. The average Bonchev–Trinajstić information content (AvgIpc) is 3.55. The van der Waals surface area contributed by atoms with E-state index in [2.05, 4.69) is 0 Å². The van der Waals surface area contributed by atoms with Gasteiger partial charge in [-0.2, -0.15) is 0 Å². The van der Waals surface area contributed by atoms with Crippen molar-refractivity contribution in [2.24, 2.45) is 0 Å². The summed E-state index contributed by atoms with van der Waals surface area (Å²) in [4.78, 5) is 14.2. The SMILES string of the molecule is [2H]c1c([2H])c([2H])c2c(sc3c([2H])c(-c4nc(-c5ccccc5)nc(-c5ccccc5)n4)c([2H])c([2H])c32)c1-c1cccc(-c2ccccc2)c1.